The van der Waals surface area contributed by atoms with E-state index in [2.05, 4.69) is 9.93 Å². The SMILES string of the molecule is Cc1c(CCc2cccc(C(F)(F)F)c2)c[nH]c1C(=O)OF. The van der Waals surface area contributed by atoms with Crippen LogP contribution < -0.4 is 0 Å². The van der Waals surface area contributed by atoms with E-state index in [9.17, 15) is 22.5 Å². The van der Waals surface area contributed by atoms with Crippen LogP contribution in [0, 0.1) is 6.92 Å². The Morgan fingerprint density at radius 2 is 2.00 bits per heavy atom. The fraction of sp³-hybridized carbons (Fsp3) is 0.267. The summed E-state index contributed by atoms with van der Waals surface area (Å²) >= 11 is 0. The van der Waals surface area contributed by atoms with Crippen molar-refractivity contribution in [3.63, 3.8) is 0 Å². The van der Waals surface area contributed by atoms with Crippen molar-refractivity contribution in [1.82, 2.24) is 4.98 Å². The Balaban J connectivity index is 2.11. The maximum atomic E-state index is 12.6. The molecule has 118 valence electrons. The number of nitrogens with one attached hydrogen (secondary N) is 1. The van der Waals surface area contributed by atoms with E-state index in [0.717, 1.165) is 17.7 Å². The molecule has 0 saturated carbocycles. The van der Waals surface area contributed by atoms with Crippen LogP contribution in [0.1, 0.15) is 32.7 Å². The number of aromatic nitrogens is 1. The number of hydrogen-bond donors (Lipinski definition) is 1. The Hall–Kier alpha value is -2.31. The van der Waals surface area contributed by atoms with Crippen LogP contribution in [0.4, 0.5) is 17.7 Å². The molecular weight excluding hydrogens is 302 g/mol. The predicted molar refractivity (Wildman–Crippen MR) is 70.9 cm³/mol. The molecule has 0 spiro atoms. The summed E-state index contributed by atoms with van der Waals surface area (Å²) in [5.41, 5.74) is 1.08. The van der Waals surface area contributed by atoms with Crippen molar-refractivity contribution in [2.75, 3.05) is 0 Å². The summed E-state index contributed by atoms with van der Waals surface area (Å²) in [4.78, 5) is 16.9. The number of halogens is 4. The smallest absolute Gasteiger partial charge is 0.355 e. The molecule has 0 aliphatic heterocycles. The van der Waals surface area contributed by atoms with Crippen molar-refractivity contribution in [3.8, 4) is 0 Å². The van der Waals surface area contributed by atoms with Gasteiger partial charge in [0.25, 0.3) is 0 Å². The van der Waals surface area contributed by atoms with E-state index < -0.39 is 17.7 Å². The molecule has 3 nitrogen and oxygen atoms in total. The van der Waals surface area contributed by atoms with Gasteiger partial charge in [0.2, 0.25) is 0 Å². The first-order valence-electron chi connectivity index (χ1n) is 6.49. The molecule has 0 aliphatic carbocycles. The van der Waals surface area contributed by atoms with Crippen molar-refractivity contribution in [2.45, 2.75) is 25.9 Å². The summed E-state index contributed by atoms with van der Waals surface area (Å²) in [5.74, 6) is -1.12. The minimum absolute atomic E-state index is 0.00143. The van der Waals surface area contributed by atoms with Gasteiger partial charge in [0.05, 0.1) is 5.56 Å². The molecule has 2 aromatic rings. The van der Waals surface area contributed by atoms with E-state index in [4.69, 9.17) is 0 Å². The lowest BCUT2D eigenvalue weighted by atomic mass is 10.0. The second-order valence-electron chi connectivity index (χ2n) is 4.88. The average molecular weight is 315 g/mol. The van der Waals surface area contributed by atoms with Crippen LogP contribution in [0.15, 0.2) is 30.5 Å². The highest BCUT2D eigenvalue weighted by molar-refractivity contribution is 5.89. The molecule has 0 saturated heterocycles. The number of benzene rings is 1. The predicted octanol–water partition coefficient (Wildman–Crippen LogP) is 4.17. The van der Waals surface area contributed by atoms with E-state index in [1.807, 2.05) is 0 Å². The Kier molecular flexibility index (Phi) is 4.54. The lowest BCUT2D eigenvalue weighted by Gasteiger charge is -2.08. The first kappa shape index (κ1) is 16.1. The number of rotatable bonds is 4. The quantitative estimate of drug-likeness (QED) is 0.861. The third kappa shape index (κ3) is 3.47. The van der Waals surface area contributed by atoms with Gasteiger partial charge in [0.1, 0.15) is 5.69 Å². The van der Waals surface area contributed by atoms with Gasteiger partial charge in [-0.2, -0.15) is 13.2 Å². The number of alkyl halides is 3. The minimum Gasteiger partial charge on any atom is -0.355 e. The normalized spacial score (nSPS) is 11.5. The lowest BCUT2D eigenvalue weighted by molar-refractivity contribution is -0.137. The highest BCUT2D eigenvalue weighted by atomic mass is 19.4. The van der Waals surface area contributed by atoms with Crippen LogP contribution in [0.25, 0.3) is 0 Å². The molecule has 2 rings (SSSR count). The Morgan fingerprint density at radius 3 is 2.64 bits per heavy atom. The first-order chi connectivity index (χ1) is 10.3. The summed E-state index contributed by atoms with van der Waals surface area (Å²) in [6.45, 7) is 1.62. The molecule has 0 radical (unpaired) electrons. The molecule has 0 atom stereocenters. The van der Waals surface area contributed by atoms with Crippen LogP contribution >= 0.6 is 0 Å². The summed E-state index contributed by atoms with van der Waals surface area (Å²) in [6.07, 6.45) is -2.07. The maximum absolute atomic E-state index is 12.6. The highest BCUT2D eigenvalue weighted by Gasteiger charge is 2.30. The van der Waals surface area contributed by atoms with Crippen molar-refractivity contribution in [3.05, 3.63) is 58.4 Å². The molecule has 0 unspecified atom stereocenters. The molecule has 1 aromatic carbocycles. The second-order valence-corrected chi connectivity index (χ2v) is 4.88. The third-order valence-electron chi connectivity index (χ3n) is 3.46. The number of carbonyl (C=O) groups excluding carboxylic acids is 1. The lowest BCUT2D eigenvalue weighted by Crippen LogP contribution is -2.05. The van der Waals surface area contributed by atoms with Crippen molar-refractivity contribution in [1.29, 1.82) is 0 Å². The summed E-state index contributed by atoms with van der Waals surface area (Å²) in [7, 11) is 0. The van der Waals surface area contributed by atoms with Gasteiger partial charge < -0.3 is 4.98 Å². The number of aryl methyl sites for hydroxylation is 2. The molecule has 1 N–H and O–H groups in total. The molecule has 0 fully saturated rings. The van der Waals surface area contributed by atoms with Crippen LogP contribution in [0.5, 0.6) is 0 Å². The Bertz CT molecular complexity index is 676. The second kappa shape index (κ2) is 6.21. The maximum Gasteiger partial charge on any atom is 0.416 e. The van der Waals surface area contributed by atoms with Crippen LogP contribution in [-0.2, 0) is 24.0 Å². The number of H-pyrrole nitrogens is 1. The van der Waals surface area contributed by atoms with Crippen LogP contribution in [0.3, 0.4) is 0 Å². The first-order valence-corrected chi connectivity index (χ1v) is 6.49. The van der Waals surface area contributed by atoms with Gasteiger partial charge >= 0.3 is 12.1 Å². The van der Waals surface area contributed by atoms with Gasteiger partial charge in [0, 0.05) is 10.7 Å². The topological polar surface area (TPSA) is 42.1 Å². The zero-order valence-electron chi connectivity index (χ0n) is 11.6. The fourth-order valence-electron chi connectivity index (χ4n) is 2.23. The van der Waals surface area contributed by atoms with E-state index in [-0.39, 0.29) is 5.69 Å². The van der Waals surface area contributed by atoms with Gasteiger partial charge in [-0.3, -0.25) is 0 Å². The number of aromatic amines is 1. The van der Waals surface area contributed by atoms with E-state index >= 15 is 0 Å². The number of hydrogen-bond acceptors (Lipinski definition) is 2. The van der Waals surface area contributed by atoms with Gasteiger partial charge in [-0.1, -0.05) is 18.2 Å². The van der Waals surface area contributed by atoms with E-state index in [1.165, 1.54) is 12.3 Å². The monoisotopic (exact) mass is 315 g/mol. The van der Waals surface area contributed by atoms with Crippen LogP contribution in [-0.4, -0.2) is 11.0 Å². The van der Waals surface area contributed by atoms with Gasteiger partial charge in [-0.15, -0.1) is 0 Å². The summed E-state index contributed by atoms with van der Waals surface area (Å²) < 4.78 is 49.8. The largest absolute Gasteiger partial charge is 0.416 e. The molecular formula is C15H13F4NO2. The van der Waals surface area contributed by atoms with Gasteiger partial charge in [0.15, 0.2) is 0 Å². The molecule has 7 heteroatoms. The van der Waals surface area contributed by atoms with Crippen molar-refractivity contribution >= 4 is 5.97 Å². The summed E-state index contributed by atoms with van der Waals surface area (Å²) in [5, 5.41) is 0. The van der Waals surface area contributed by atoms with E-state index in [0.29, 0.717) is 24.0 Å². The zero-order chi connectivity index (χ0) is 16.3. The third-order valence-corrected chi connectivity index (χ3v) is 3.46. The standard InChI is InChI=1S/C15H13F4NO2/c1-9-11(8-20-13(9)14(21)22-19)6-5-10-3-2-4-12(7-10)15(16,17)18/h2-4,7-8,20H,5-6H2,1H3. The van der Waals surface area contributed by atoms with Gasteiger partial charge in [-0.25, -0.2) is 9.74 Å². The average Bonchev–Trinajstić information content (AvgIpc) is 2.85. The van der Waals surface area contributed by atoms with Crippen LogP contribution in [0.2, 0.25) is 0 Å². The fourth-order valence-corrected chi connectivity index (χ4v) is 2.23. The molecule has 0 aliphatic rings. The molecule has 0 bridgehead atoms. The minimum atomic E-state index is -4.38. The highest BCUT2D eigenvalue weighted by Crippen LogP contribution is 2.29. The number of carbonyl (C=O) groups is 1. The van der Waals surface area contributed by atoms with Crippen molar-refractivity contribution < 1.29 is 27.4 Å². The molecule has 1 aromatic heterocycles. The molecule has 0 amide bonds. The summed E-state index contributed by atoms with van der Waals surface area (Å²) in [6, 6.07) is 5.07. The van der Waals surface area contributed by atoms with Gasteiger partial charge in [-0.05, 0) is 42.5 Å². The Labute approximate surface area is 123 Å². The van der Waals surface area contributed by atoms with E-state index in [1.54, 1.807) is 13.0 Å². The van der Waals surface area contributed by atoms with Crippen molar-refractivity contribution in [2.24, 2.45) is 0 Å². The molecule has 22 heavy (non-hydrogen) atoms. The Morgan fingerprint density at radius 1 is 1.27 bits per heavy atom. The molecule has 1 heterocycles. The zero-order valence-corrected chi connectivity index (χ0v) is 11.6.